The smallest absolute Gasteiger partial charge is 0.225 e. The van der Waals surface area contributed by atoms with Crippen LogP contribution in [0.2, 0.25) is 0 Å². The summed E-state index contributed by atoms with van der Waals surface area (Å²) < 4.78 is 0. The van der Waals surface area contributed by atoms with Crippen LogP contribution in [0.25, 0.3) is 0 Å². The first-order chi connectivity index (χ1) is 13.7. The predicted molar refractivity (Wildman–Crippen MR) is 131 cm³/mol. The molecule has 8 nitrogen and oxygen atoms in total. The second-order valence-corrected chi connectivity index (χ2v) is 7.83. The lowest BCUT2D eigenvalue weighted by Gasteiger charge is -2.34. The average molecular weight is 530 g/mol. The number of aryl methyl sites for hydroxylation is 1. The van der Waals surface area contributed by atoms with Gasteiger partial charge in [-0.25, -0.2) is 15.0 Å². The lowest BCUT2D eigenvalue weighted by atomic mass is 10.3. The van der Waals surface area contributed by atoms with Crippen molar-refractivity contribution in [2.24, 2.45) is 4.99 Å². The number of hydrogen-bond acceptors (Lipinski definition) is 7. The van der Waals surface area contributed by atoms with Crippen LogP contribution in [0.15, 0.2) is 28.8 Å². The van der Waals surface area contributed by atoms with Crippen LogP contribution < -0.4 is 15.5 Å². The number of aliphatic imine (C=N–C) groups is 1. The third kappa shape index (κ3) is 8.01. The molecular weight excluding hydrogens is 499 g/mol. The summed E-state index contributed by atoms with van der Waals surface area (Å²) in [6, 6.07) is 1.86. The Morgan fingerprint density at radius 3 is 2.52 bits per heavy atom. The van der Waals surface area contributed by atoms with E-state index in [9.17, 15) is 0 Å². The quantitative estimate of drug-likeness (QED) is 0.233. The molecule has 1 saturated heterocycles. The van der Waals surface area contributed by atoms with Gasteiger partial charge >= 0.3 is 0 Å². The van der Waals surface area contributed by atoms with Crippen LogP contribution in [0.4, 0.5) is 5.95 Å². The van der Waals surface area contributed by atoms with Gasteiger partial charge < -0.3 is 15.5 Å². The van der Waals surface area contributed by atoms with E-state index in [2.05, 4.69) is 45.8 Å². The third-order valence-corrected chi connectivity index (χ3v) is 5.54. The highest BCUT2D eigenvalue weighted by atomic mass is 127. The zero-order chi connectivity index (χ0) is 19.6. The fraction of sp³-hybridized carbons (Fsp3) is 0.579. The van der Waals surface area contributed by atoms with E-state index in [4.69, 9.17) is 0 Å². The lowest BCUT2D eigenvalue weighted by Crippen LogP contribution is -2.47. The number of anilines is 1. The number of nitrogens with zero attached hydrogens (tertiary/aromatic N) is 6. The summed E-state index contributed by atoms with van der Waals surface area (Å²) in [4.78, 5) is 22.2. The molecule has 3 heterocycles. The summed E-state index contributed by atoms with van der Waals surface area (Å²) in [6.07, 6.45) is 5.62. The minimum Gasteiger partial charge on any atom is -0.356 e. The van der Waals surface area contributed by atoms with E-state index in [1.807, 2.05) is 20.0 Å². The minimum atomic E-state index is 0. The highest BCUT2D eigenvalue weighted by Gasteiger charge is 2.18. The van der Waals surface area contributed by atoms with E-state index in [1.54, 1.807) is 23.7 Å². The predicted octanol–water partition coefficient (Wildman–Crippen LogP) is 1.78. The normalized spacial score (nSPS) is 15.1. The van der Waals surface area contributed by atoms with Gasteiger partial charge in [0.05, 0.1) is 10.7 Å². The third-order valence-electron chi connectivity index (χ3n) is 4.71. The molecular formula is C19H31IN8S. The van der Waals surface area contributed by atoms with E-state index < -0.39 is 0 Å². The molecule has 3 rings (SSSR count). The number of piperazine rings is 1. The first kappa shape index (κ1) is 23.7. The van der Waals surface area contributed by atoms with Crippen molar-refractivity contribution in [1.82, 2.24) is 30.5 Å². The molecule has 0 unspecified atom stereocenters. The summed E-state index contributed by atoms with van der Waals surface area (Å²) in [5.74, 6) is 1.70. The molecule has 29 heavy (non-hydrogen) atoms. The molecule has 2 aromatic rings. The fourth-order valence-corrected chi connectivity index (χ4v) is 3.84. The maximum Gasteiger partial charge on any atom is 0.225 e. The summed E-state index contributed by atoms with van der Waals surface area (Å²) in [7, 11) is 1.81. The van der Waals surface area contributed by atoms with Gasteiger partial charge in [0.2, 0.25) is 5.95 Å². The zero-order valence-electron chi connectivity index (χ0n) is 17.2. The molecule has 1 aliphatic rings. The highest BCUT2D eigenvalue weighted by Crippen LogP contribution is 2.10. The fourth-order valence-electron chi connectivity index (χ4n) is 3.19. The molecule has 10 heteroatoms. The van der Waals surface area contributed by atoms with Crippen molar-refractivity contribution in [3.63, 3.8) is 0 Å². The summed E-state index contributed by atoms with van der Waals surface area (Å²) >= 11 is 1.70. The summed E-state index contributed by atoms with van der Waals surface area (Å²) in [5.41, 5.74) is 1.14. The molecule has 1 fully saturated rings. The van der Waals surface area contributed by atoms with Crippen molar-refractivity contribution >= 4 is 47.2 Å². The topological polar surface area (TPSA) is 81.6 Å². The molecule has 1 aliphatic heterocycles. The lowest BCUT2D eigenvalue weighted by molar-refractivity contribution is 0.254. The Morgan fingerprint density at radius 1 is 1.14 bits per heavy atom. The molecule has 0 amide bonds. The Kier molecular flexibility index (Phi) is 10.6. The van der Waals surface area contributed by atoms with Crippen molar-refractivity contribution in [3.05, 3.63) is 34.5 Å². The van der Waals surface area contributed by atoms with E-state index in [0.29, 0.717) is 0 Å². The van der Waals surface area contributed by atoms with Gasteiger partial charge in [0.1, 0.15) is 0 Å². The number of halogens is 1. The Labute approximate surface area is 194 Å². The Balaban J connectivity index is 0.00000300. The van der Waals surface area contributed by atoms with Crippen LogP contribution in [0.1, 0.15) is 17.1 Å². The number of hydrogen-bond donors (Lipinski definition) is 2. The van der Waals surface area contributed by atoms with Gasteiger partial charge in [-0.2, -0.15) is 0 Å². The van der Waals surface area contributed by atoms with Crippen LogP contribution in [0, 0.1) is 6.92 Å². The minimum absolute atomic E-state index is 0. The molecule has 2 N–H and O–H groups in total. The van der Waals surface area contributed by atoms with Gasteiger partial charge in [0, 0.05) is 70.5 Å². The van der Waals surface area contributed by atoms with Gasteiger partial charge in [-0.3, -0.25) is 9.89 Å². The van der Waals surface area contributed by atoms with Crippen LogP contribution in [0.5, 0.6) is 0 Å². The maximum atomic E-state index is 4.49. The molecule has 160 valence electrons. The van der Waals surface area contributed by atoms with Crippen molar-refractivity contribution < 1.29 is 0 Å². The highest BCUT2D eigenvalue weighted by molar-refractivity contribution is 14.0. The molecule has 2 aromatic heterocycles. The van der Waals surface area contributed by atoms with E-state index >= 15 is 0 Å². The standard InChI is InChI=1S/C19H30N8S.HI/c1-16-25-17(15-28-16)5-9-22-18(20-2)21-8-4-10-26-11-13-27(14-12-26)19-23-6-3-7-24-19;/h3,6-7,15H,4-5,8-14H2,1-2H3,(H2,20,21,22);1H. The number of nitrogens with one attached hydrogen (secondary N) is 2. The van der Waals surface area contributed by atoms with Crippen LogP contribution in [-0.2, 0) is 6.42 Å². The molecule has 0 saturated carbocycles. The molecule has 0 aliphatic carbocycles. The molecule has 0 aromatic carbocycles. The summed E-state index contributed by atoms with van der Waals surface area (Å²) in [6.45, 7) is 8.96. The van der Waals surface area contributed by atoms with Crippen molar-refractivity contribution in [2.45, 2.75) is 19.8 Å². The second-order valence-electron chi connectivity index (χ2n) is 6.76. The number of thiazole rings is 1. The van der Waals surface area contributed by atoms with Crippen LogP contribution >= 0.6 is 35.3 Å². The average Bonchev–Trinajstić information content (AvgIpc) is 3.16. The van der Waals surface area contributed by atoms with Gasteiger partial charge in [0.25, 0.3) is 0 Å². The van der Waals surface area contributed by atoms with Crippen molar-refractivity contribution in [3.8, 4) is 0 Å². The number of rotatable bonds is 8. The molecule has 0 spiro atoms. The Morgan fingerprint density at radius 2 is 1.86 bits per heavy atom. The van der Waals surface area contributed by atoms with Crippen molar-refractivity contribution in [2.75, 3.05) is 57.8 Å². The molecule has 0 radical (unpaired) electrons. The number of aromatic nitrogens is 3. The van der Waals surface area contributed by atoms with Crippen LogP contribution in [0.3, 0.4) is 0 Å². The Hall–Kier alpha value is -1.53. The van der Waals surface area contributed by atoms with Gasteiger partial charge in [0.15, 0.2) is 5.96 Å². The number of guanidine groups is 1. The van der Waals surface area contributed by atoms with E-state index in [1.165, 1.54) is 0 Å². The van der Waals surface area contributed by atoms with Gasteiger partial charge in [-0.15, -0.1) is 35.3 Å². The SMILES string of the molecule is CN=C(NCCCN1CCN(c2ncccn2)CC1)NCCc1csc(C)n1.I. The largest absolute Gasteiger partial charge is 0.356 e. The zero-order valence-corrected chi connectivity index (χ0v) is 20.3. The maximum absolute atomic E-state index is 4.49. The summed E-state index contributed by atoms with van der Waals surface area (Å²) in [5, 5.41) is 10.00. The monoisotopic (exact) mass is 530 g/mol. The molecule has 0 bridgehead atoms. The Bertz CT molecular complexity index is 731. The van der Waals surface area contributed by atoms with E-state index in [-0.39, 0.29) is 24.0 Å². The van der Waals surface area contributed by atoms with Crippen molar-refractivity contribution in [1.29, 1.82) is 0 Å². The first-order valence-corrected chi connectivity index (χ1v) is 10.7. The van der Waals surface area contributed by atoms with Gasteiger partial charge in [-0.05, 0) is 26.0 Å². The second kappa shape index (κ2) is 12.9. The van der Waals surface area contributed by atoms with Gasteiger partial charge in [-0.1, -0.05) is 0 Å². The van der Waals surface area contributed by atoms with Crippen LogP contribution in [-0.4, -0.2) is 78.7 Å². The molecule has 0 atom stereocenters. The first-order valence-electron chi connectivity index (χ1n) is 9.84. The van der Waals surface area contributed by atoms with E-state index in [0.717, 1.165) is 81.3 Å².